The molecule has 2 aliphatic rings. The zero-order valence-corrected chi connectivity index (χ0v) is 20.4. The zero-order valence-electron chi connectivity index (χ0n) is 20.4. The van der Waals surface area contributed by atoms with Crippen LogP contribution in [0.15, 0.2) is 48.7 Å². The number of carboxylic acids is 1. The fourth-order valence-electron chi connectivity index (χ4n) is 5.87. The van der Waals surface area contributed by atoms with Gasteiger partial charge in [-0.2, -0.15) is 0 Å². The van der Waals surface area contributed by atoms with Crippen LogP contribution < -0.4 is 4.74 Å². The van der Waals surface area contributed by atoms with Crippen molar-refractivity contribution in [3.63, 3.8) is 0 Å². The van der Waals surface area contributed by atoms with Gasteiger partial charge in [-0.1, -0.05) is 24.3 Å². The molecule has 5 nitrogen and oxygen atoms in total. The predicted octanol–water partition coefficient (Wildman–Crippen LogP) is 6.42. The average Bonchev–Trinajstić information content (AvgIpc) is 3.32. The van der Waals surface area contributed by atoms with Gasteiger partial charge in [0.1, 0.15) is 5.75 Å². The average molecular weight is 468 g/mol. The van der Waals surface area contributed by atoms with E-state index >= 15 is 0 Å². The van der Waals surface area contributed by atoms with Crippen molar-refractivity contribution in [1.82, 2.24) is 4.98 Å². The summed E-state index contributed by atoms with van der Waals surface area (Å²) >= 11 is 0. The van der Waals surface area contributed by atoms with E-state index in [0.29, 0.717) is 6.61 Å². The molecule has 4 aromatic rings. The number of pyridine rings is 1. The van der Waals surface area contributed by atoms with E-state index in [1.165, 1.54) is 16.5 Å². The van der Waals surface area contributed by atoms with E-state index in [9.17, 15) is 9.90 Å². The van der Waals surface area contributed by atoms with Crippen LogP contribution in [0.3, 0.4) is 0 Å². The first kappa shape index (κ1) is 22.1. The van der Waals surface area contributed by atoms with Crippen LogP contribution in [0.5, 0.6) is 5.75 Å². The van der Waals surface area contributed by atoms with E-state index in [4.69, 9.17) is 14.5 Å². The quantitative estimate of drug-likeness (QED) is 0.375. The highest BCUT2D eigenvalue weighted by Crippen LogP contribution is 2.48. The fraction of sp³-hybridized carbons (Fsp3) is 0.333. The van der Waals surface area contributed by atoms with Crippen molar-refractivity contribution in [1.29, 1.82) is 0 Å². The summed E-state index contributed by atoms with van der Waals surface area (Å²) in [5.41, 5.74) is 6.44. The summed E-state index contributed by atoms with van der Waals surface area (Å²) in [6.45, 7) is 6.38. The third-order valence-corrected chi connectivity index (χ3v) is 7.13. The number of benzene rings is 3. The Morgan fingerprint density at radius 2 is 1.80 bits per heavy atom. The van der Waals surface area contributed by atoms with Crippen LogP contribution in [0.2, 0.25) is 0 Å². The molecule has 178 valence electrons. The number of carboxylic acid groups (broad SMARTS) is 1. The highest BCUT2D eigenvalue weighted by Gasteiger charge is 2.35. The summed E-state index contributed by atoms with van der Waals surface area (Å²) in [6, 6.07) is 14.5. The normalized spacial score (nSPS) is 15.7. The van der Waals surface area contributed by atoms with Crippen molar-refractivity contribution in [3.8, 4) is 16.9 Å². The van der Waals surface area contributed by atoms with Gasteiger partial charge in [0.25, 0.3) is 0 Å². The van der Waals surface area contributed by atoms with Gasteiger partial charge in [0.05, 0.1) is 17.7 Å². The second kappa shape index (κ2) is 8.06. The van der Waals surface area contributed by atoms with E-state index in [1.807, 2.05) is 45.2 Å². The van der Waals surface area contributed by atoms with Gasteiger partial charge in [0.15, 0.2) is 6.10 Å². The van der Waals surface area contributed by atoms with Gasteiger partial charge in [-0.05, 0) is 91.3 Å². The molecule has 0 amide bonds. The molecule has 6 rings (SSSR count). The first-order chi connectivity index (χ1) is 16.8. The minimum absolute atomic E-state index is 0.622. The molecule has 35 heavy (non-hydrogen) atoms. The Morgan fingerprint density at radius 1 is 1.03 bits per heavy atom. The van der Waals surface area contributed by atoms with Gasteiger partial charge in [0.2, 0.25) is 0 Å². The number of carbonyl (C=O) groups is 1. The summed E-state index contributed by atoms with van der Waals surface area (Å²) in [5.74, 6) is -0.129. The maximum atomic E-state index is 12.8. The molecule has 0 fully saturated rings. The number of hydrogen-bond acceptors (Lipinski definition) is 4. The Labute approximate surface area is 204 Å². The molecule has 3 aromatic carbocycles. The second-order valence-corrected chi connectivity index (χ2v) is 10.5. The molecular formula is C30H29NO4. The van der Waals surface area contributed by atoms with E-state index in [0.717, 1.165) is 70.0 Å². The lowest BCUT2D eigenvalue weighted by Crippen LogP contribution is -2.28. The first-order valence-electron chi connectivity index (χ1n) is 12.3. The molecule has 1 aromatic heterocycles. The molecule has 1 unspecified atom stereocenters. The molecule has 0 bridgehead atoms. The van der Waals surface area contributed by atoms with Gasteiger partial charge < -0.3 is 14.6 Å². The van der Waals surface area contributed by atoms with E-state index in [-0.39, 0.29) is 0 Å². The second-order valence-electron chi connectivity index (χ2n) is 10.5. The topological polar surface area (TPSA) is 68.7 Å². The van der Waals surface area contributed by atoms with Crippen LogP contribution in [-0.4, -0.2) is 28.3 Å². The molecule has 0 saturated heterocycles. The highest BCUT2D eigenvalue weighted by molar-refractivity contribution is 6.10. The van der Waals surface area contributed by atoms with E-state index < -0.39 is 17.7 Å². The molecule has 0 radical (unpaired) electrons. The van der Waals surface area contributed by atoms with Crippen molar-refractivity contribution in [3.05, 3.63) is 70.9 Å². The molecule has 0 saturated carbocycles. The van der Waals surface area contributed by atoms with E-state index in [2.05, 4.69) is 24.3 Å². The summed E-state index contributed by atoms with van der Waals surface area (Å²) in [7, 11) is 0. The SMILES string of the molecule is CC(C)(C)OC(C(=O)O)c1c2c(c3ccccc3c1-c1ccc3c4c(ccnc14)CCO3)CCC2. The van der Waals surface area contributed by atoms with Crippen LogP contribution >= 0.6 is 0 Å². The molecule has 1 aliphatic carbocycles. The number of aliphatic carboxylic acids is 1. The first-order valence-corrected chi connectivity index (χ1v) is 12.3. The number of ether oxygens (including phenoxy) is 2. The maximum Gasteiger partial charge on any atom is 0.337 e. The molecule has 2 heterocycles. The number of fused-ring (bicyclic) bond motifs is 3. The monoisotopic (exact) mass is 467 g/mol. The third kappa shape index (κ3) is 3.57. The number of rotatable bonds is 4. The Balaban J connectivity index is 1.76. The highest BCUT2D eigenvalue weighted by atomic mass is 16.5. The predicted molar refractivity (Wildman–Crippen MR) is 137 cm³/mol. The van der Waals surface area contributed by atoms with E-state index in [1.54, 1.807) is 0 Å². The van der Waals surface area contributed by atoms with Crippen molar-refractivity contribution >= 4 is 27.6 Å². The van der Waals surface area contributed by atoms with Crippen molar-refractivity contribution in [2.75, 3.05) is 6.61 Å². The lowest BCUT2D eigenvalue weighted by atomic mass is 9.83. The standard InChI is InChI=1S/C30H29NO4/c1-30(2,3)35-28(29(32)33)26-21-10-6-9-19(21)18-7-4-5-8-20(18)25(26)22-11-12-23-24-17(14-16-34-23)13-15-31-27(22)24/h4-5,7-8,11-13,15,28H,6,9-10,14,16H2,1-3H3,(H,32,33). The van der Waals surface area contributed by atoms with Gasteiger partial charge in [-0.25, -0.2) is 4.79 Å². The van der Waals surface area contributed by atoms with Gasteiger partial charge >= 0.3 is 5.97 Å². The third-order valence-electron chi connectivity index (χ3n) is 7.13. The van der Waals surface area contributed by atoms with Crippen LogP contribution in [0.1, 0.15) is 55.5 Å². The number of hydrogen-bond donors (Lipinski definition) is 1. The lowest BCUT2D eigenvalue weighted by Gasteiger charge is -2.30. The van der Waals surface area contributed by atoms with Crippen LogP contribution in [0.4, 0.5) is 0 Å². The number of nitrogens with zero attached hydrogens (tertiary/aromatic N) is 1. The molecule has 5 heteroatoms. The molecule has 1 aliphatic heterocycles. The Morgan fingerprint density at radius 3 is 2.57 bits per heavy atom. The molecular weight excluding hydrogens is 438 g/mol. The Kier molecular flexibility index (Phi) is 5.08. The Hall–Kier alpha value is -3.44. The molecule has 1 atom stereocenters. The van der Waals surface area contributed by atoms with Gasteiger partial charge in [-0.3, -0.25) is 4.98 Å². The minimum atomic E-state index is -1.08. The fourth-order valence-corrected chi connectivity index (χ4v) is 5.87. The summed E-state index contributed by atoms with van der Waals surface area (Å²) in [5, 5.41) is 13.7. The molecule has 1 N–H and O–H groups in total. The minimum Gasteiger partial charge on any atom is -0.493 e. The van der Waals surface area contributed by atoms with Crippen molar-refractivity contribution in [2.24, 2.45) is 0 Å². The summed E-state index contributed by atoms with van der Waals surface area (Å²) < 4.78 is 12.2. The lowest BCUT2D eigenvalue weighted by molar-refractivity contribution is -0.160. The smallest absolute Gasteiger partial charge is 0.337 e. The van der Waals surface area contributed by atoms with Gasteiger partial charge in [0, 0.05) is 29.1 Å². The Bertz CT molecular complexity index is 1490. The van der Waals surface area contributed by atoms with Crippen LogP contribution in [-0.2, 0) is 28.8 Å². The summed E-state index contributed by atoms with van der Waals surface area (Å²) in [4.78, 5) is 17.6. The summed E-state index contributed by atoms with van der Waals surface area (Å²) in [6.07, 6.45) is 4.40. The maximum absolute atomic E-state index is 12.8. The van der Waals surface area contributed by atoms with Crippen molar-refractivity contribution in [2.45, 2.75) is 58.2 Å². The largest absolute Gasteiger partial charge is 0.493 e. The van der Waals surface area contributed by atoms with Gasteiger partial charge in [-0.15, -0.1) is 0 Å². The van der Waals surface area contributed by atoms with Crippen LogP contribution in [0, 0.1) is 0 Å². The number of aromatic nitrogens is 1. The zero-order chi connectivity index (χ0) is 24.3. The van der Waals surface area contributed by atoms with Crippen molar-refractivity contribution < 1.29 is 19.4 Å². The molecule has 0 spiro atoms. The number of aryl methyl sites for hydroxylation is 1. The van der Waals surface area contributed by atoms with Crippen LogP contribution in [0.25, 0.3) is 32.8 Å².